The summed E-state index contributed by atoms with van der Waals surface area (Å²) in [7, 11) is 0. The summed E-state index contributed by atoms with van der Waals surface area (Å²) in [6.07, 6.45) is 2.11. The summed E-state index contributed by atoms with van der Waals surface area (Å²) >= 11 is 0. The van der Waals surface area contributed by atoms with Crippen molar-refractivity contribution in [1.29, 1.82) is 0 Å². The van der Waals surface area contributed by atoms with E-state index in [0.717, 1.165) is 17.5 Å². The molecule has 2 aromatic rings. The predicted octanol–water partition coefficient (Wildman–Crippen LogP) is 3.92. The molecule has 0 spiro atoms. The minimum Gasteiger partial charge on any atom is -0.443 e. The van der Waals surface area contributed by atoms with E-state index in [1.165, 1.54) is 5.56 Å². The Kier molecular flexibility index (Phi) is 4.26. The van der Waals surface area contributed by atoms with Gasteiger partial charge in [-0.2, -0.15) is 0 Å². The van der Waals surface area contributed by atoms with Crippen molar-refractivity contribution in [1.82, 2.24) is 4.98 Å². The molecule has 1 amide bonds. The number of aromatic nitrogens is 1. The van der Waals surface area contributed by atoms with E-state index in [0.29, 0.717) is 12.4 Å². The van der Waals surface area contributed by atoms with Gasteiger partial charge >= 0.3 is 6.09 Å². The molecule has 1 aromatic carbocycles. The van der Waals surface area contributed by atoms with Crippen LogP contribution < -0.4 is 4.90 Å². The third-order valence-electron chi connectivity index (χ3n) is 3.92. The molecule has 3 rings (SSSR count). The molecule has 0 bridgehead atoms. The van der Waals surface area contributed by atoms with E-state index in [1.54, 1.807) is 17.2 Å². The molecule has 4 nitrogen and oxygen atoms in total. The summed E-state index contributed by atoms with van der Waals surface area (Å²) in [5.41, 5.74) is 2.56. The second-order valence-corrected chi connectivity index (χ2v) is 6.55. The lowest BCUT2D eigenvalue weighted by Gasteiger charge is -2.35. The summed E-state index contributed by atoms with van der Waals surface area (Å²) < 4.78 is 5.41. The molecule has 4 heteroatoms. The van der Waals surface area contributed by atoms with Crippen LogP contribution in [0.4, 0.5) is 10.6 Å². The summed E-state index contributed by atoms with van der Waals surface area (Å²) in [5, 5.41) is 0. The highest BCUT2D eigenvalue weighted by atomic mass is 16.6. The van der Waals surface area contributed by atoms with E-state index in [9.17, 15) is 4.79 Å². The van der Waals surface area contributed by atoms with Crippen molar-refractivity contribution in [2.75, 3.05) is 11.4 Å². The number of amides is 1. The van der Waals surface area contributed by atoms with Crippen LogP contribution in [-0.2, 0) is 4.74 Å². The highest BCUT2D eigenvalue weighted by molar-refractivity contribution is 5.87. The zero-order chi connectivity index (χ0) is 17.2. The molecule has 122 valence electrons. The average Bonchev–Trinajstić information content (AvgIpc) is 2.53. The first-order valence-electron chi connectivity index (χ1n) is 7.98. The van der Waals surface area contributed by atoms with Gasteiger partial charge in [0.1, 0.15) is 11.4 Å². The molecule has 0 atom stereocenters. The highest BCUT2D eigenvalue weighted by Gasteiger charge is 2.33. The van der Waals surface area contributed by atoms with E-state index < -0.39 is 5.60 Å². The van der Waals surface area contributed by atoms with Crippen molar-refractivity contribution in [2.45, 2.75) is 32.8 Å². The van der Waals surface area contributed by atoms with Crippen molar-refractivity contribution in [3.05, 3.63) is 59.3 Å². The van der Waals surface area contributed by atoms with E-state index in [2.05, 4.69) is 16.8 Å². The molecule has 24 heavy (non-hydrogen) atoms. The lowest BCUT2D eigenvalue weighted by Crippen LogP contribution is -2.47. The second kappa shape index (κ2) is 6.37. The van der Waals surface area contributed by atoms with Gasteiger partial charge in [-0.05, 0) is 50.6 Å². The molecule has 1 aliphatic rings. The number of hydrogen-bond acceptors (Lipinski definition) is 3. The molecule has 1 aromatic heterocycles. The minimum absolute atomic E-state index is 0.350. The van der Waals surface area contributed by atoms with Crippen molar-refractivity contribution in [2.24, 2.45) is 0 Å². The van der Waals surface area contributed by atoms with Crippen LogP contribution in [-0.4, -0.2) is 23.2 Å². The quantitative estimate of drug-likeness (QED) is 0.748. The third kappa shape index (κ3) is 3.75. The molecular weight excluding hydrogens is 300 g/mol. The van der Waals surface area contributed by atoms with Gasteiger partial charge in [-0.1, -0.05) is 24.0 Å². The maximum Gasteiger partial charge on any atom is 0.416 e. The van der Waals surface area contributed by atoms with Crippen LogP contribution in [0.15, 0.2) is 42.6 Å². The van der Waals surface area contributed by atoms with E-state index >= 15 is 0 Å². The third-order valence-corrected chi connectivity index (χ3v) is 3.92. The summed E-state index contributed by atoms with van der Waals surface area (Å²) in [4.78, 5) is 18.0. The fourth-order valence-electron chi connectivity index (χ4n) is 2.51. The number of hydrogen-bond donors (Lipinski definition) is 0. The summed E-state index contributed by atoms with van der Waals surface area (Å²) in [6, 6.07) is 11.7. The molecule has 0 saturated carbocycles. The number of anilines is 1. The normalized spacial score (nSPS) is 16.1. The lowest BCUT2D eigenvalue weighted by atomic mass is 10.0. The fourth-order valence-corrected chi connectivity index (χ4v) is 2.51. The van der Waals surface area contributed by atoms with Gasteiger partial charge < -0.3 is 4.74 Å². The average molecular weight is 320 g/mol. The maximum absolute atomic E-state index is 12.1. The predicted molar refractivity (Wildman–Crippen MR) is 93.9 cm³/mol. The van der Waals surface area contributed by atoms with E-state index in [4.69, 9.17) is 4.74 Å². The Morgan fingerprint density at radius 2 is 1.96 bits per heavy atom. The Hall–Kier alpha value is -2.80. The van der Waals surface area contributed by atoms with Gasteiger partial charge in [0.05, 0.1) is 0 Å². The number of cyclic esters (lactones) is 1. The highest BCUT2D eigenvalue weighted by Crippen LogP contribution is 2.25. The van der Waals surface area contributed by atoms with Gasteiger partial charge in [0.15, 0.2) is 0 Å². The lowest BCUT2D eigenvalue weighted by molar-refractivity contribution is 0.0234. The first-order valence-corrected chi connectivity index (χ1v) is 7.98. The standard InChI is InChI=1S/C20H20N2O2/c1-15-5-4-6-16(13-15)7-8-17-9-10-18(21-14-17)22-12-11-20(2,3)24-19(22)23/h4-6,9-10,13-14H,11-12H2,1-3H3. The number of nitrogens with zero attached hydrogens (tertiary/aromatic N) is 2. The number of carbonyl (C=O) groups excluding carboxylic acids is 1. The van der Waals surface area contributed by atoms with Crippen LogP contribution in [0.5, 0.6) is 0 Å². The molecule has 1 fully saturated rings. The number of pyridine rings is 1. The monoisotopic (exact) mass is 320 g/mol. The Bertz CT molecular complexity index is 814. The zero-order valence-electron chi connectivity index (χ0n) is 14.2. The molecule has 0 N–H and O–H groups in total. The number of aryl methyl sites for hydroxylation is 1. The first-order chi connectivity index (χ1) is 11.4. The Balaban J connectivity index is 1.74. The molecule has 2 heterocycles. The van der Waals surface area contributed by atoms with E-state index in [-0.39, 0.29) is 6.09 Å². The number of carbonyl (C=O) groups is 1. The van der Waals surface area contributed by atoms with Crippen LogP contribution in [0.3, 0.4) is 0 Å². The van der Waals surface area contributed by atoms with Gasteiger partial charge in [0, 0.05) is 30.3 Å². The molecule has 1 aliphatic heterocycles. The maximum atomic E-state index is 12.1. The first kappa shape index (κ1) is 16.1. The van der Waals surface area contributed by atoms with Gasteiger partial charge in [-0.25, -0.2) is 9.78 Å². The van der Waals surface area contributed by atoms with Crippen LogP contribution >= 0.6 is 0 Å². The van der Waals surface area contributed by atoms with Crippen molar-refractivity contribution in [3.8, 4) is 11.8 Å². The molecule has 1 saturated heterocycles. The van der Waals surface area contributed by atoms with Crippen LogP contribution in [0.1, 0.15) is 37.0 Å². The molecule has 0 radical (unpaired) electrons. The van der Waals surface area contributed by atoms with Crippen LogP contribution in [0, 0.1) is 18.8 Å². The molecular formula is C20H20N2O2. The van der Waals surface area contributed by atoms with Gasteiger partial charge in [0.25, 0.3) is 0 Å². The van der Waals surface area contributed by atoms with Gasteiger partial charge in [-0.3, -0.25) is 4.90 Å². The number of benzene rings is 1. The molecule has 0 aliphatic carbocycles. The van der Waals surface area contributed by atoms with Crippen LogP contribution in [0.2, 0.25) is 0 Å². The van der Waals surface area contributed by atoms with Crippen molar-refractivity contribution in [3.63, 3.8) is 0 Å². The minimum atomic E-state index is -0.410. The van der Waals surface area contributed by atoms with Gasteiger partial charge in [-0.15, -0.1) is 0 Å². The van der Waals surface area contributed by atoms with Crippen molar-refractivity contribution >= 4 is 11.9 Å². The second-order valence-electron chi connectivity index (χ2n) is 6.55. The van der Waals surface area contributed by atoms with Gasteiger partial charge in [0.2, 0.25) is 0 Å². The Labute approximate surface area is 142 Å². The molecule has 0 unspecified atom stereocenters. The SMILES string of the molecule is Cc1cccc(C#Cc2ccc(N3CCC(C)(C)OC3=O)nc2)c1. The smallest absolute Gasteiger partial charge is 0.416 e. The largest absolute Gasteiger partial charge is 0.443 e. The van der Waals surface area contributed by atoms with Crippen LogP contribution in [0.25, 0.3) is 0 Å². The number of rotatable bonds is 1. The van der Waals surface area contributed by atoms with Crippen molar-refractivity contribution < 1.29 is 9.53 Å². The summed E-state index contributed by atoms with van der Waals surface area (Å²) in [5.74, 6) is 6.81. The fraction of sp³-hybridized carbons (Fsp3) is 0.300. The summed E-state index contributed by atoms with van der Waals surface area (Å²) in [6.45, 7) is 6.48. The topological polar surface area (TPSA) is 42.4 Å². The van der Waals surface area contributed by atoms with E-state index in [1.807, 2.05) is 51.1 Å². The number of ether oxygens (including phenoxy) is 1. The Morgan fingerprint density at radius 3 is 2.62 bits per heavy atom. The zero-order valence-corrected chi connectivity index (χ0v) is 14.2. The Morgan fingerprint density at radius 1 is 1.17 bits per heavy atom.